The molecule has 0 unspecified atom stereocenters. The largest absolute Gasteiger partial charge is 0.322 e. The maximum atomic E-state index is 12.3. The van der Waals surface area contributed by atoms with Gasteiger partial charge in [-0.3, -0.25) is 4.79 Å². The molecule has 3 rings (SSSR count). The summed E-state index contributed by atoms with van der Waals surface area (Å²) in [6, 6.07) is 11.3. The number of amides is 1. The first-order chi connectivity index (χ1) is 9.63. The van der Waals surface area contributed by atoms with Gasteiger partial charge in [-0.1, -0.05) is 0 Å². The van der Waals surface area contributed by atoms with Gasteiger partial charge in [0.05, 0.1) is 11.7 Å². The fraction of sp³-hybridized carbons (Fsp3) is 0.0714. The van der Waals surface area contributed by atoms with E-state index in [1.54, 1.807) is 12.1 Å². The Labute approximate surface area is 133 Å². The number of carbonyl (C=O) groups is 1. The van der Waals surface area contributed by atoms with E-state index >= 15 is 0 Å². The van der Waals surface area contributed by atoms with Crippen molar-refractivity contribution in [2.45, 2.75) is 6.92 Å². The number of aryl methyl sites for hydroxylation is 1. The highest BCUT2D eigenvalue weighted by atomic mass is 127. The highest BCUT2D eigenvalue weighted by Gasteiger charge is 2.10. The molecule has 1 amide bonds. The van der Waals surface area contributed by atoms with Gasteiger partial charge in [-0.05, 0) is 71.5 Å². The molecule has 0 radical (unpaired) electrons. The lowest BCUT2D eigenvalue weighted by molar-refractivity contribution is 0.102. The first-order valence-corrected chi connectivity index (χ1v) is 7.74. The molecule has 0 fully saturated rings. The van der Waals surface area contributed by atoms with Gasteiger partial charge in [0.25, 0.3) is 5.91 Å². The second-order valence-electron chi connectivity index (χ2n) is 4.38. The molecule has 0 saturated carbocycles. The number of halogens is 1. The fourth-order valence-electron chi connectivity index (χ4n) is 1.89. The molecule has 0 aliphatic carbocycles. The van der Waals surface area contributed by atoms with E-state index in [0.29, 0.717) is 5.56 Å². The van der Waals surface area contributed by atoms with Gasteiger partial charge >= 0.3 is 0 Å². The number of nitrogens with zero attached hydrogens (tertiary/aromatic N) is 2. The molecule has 1 N–H and O–H groups in total. The molecule has 2 aromatic carbocycles. The Balaban J connectivity index is 1.88. The Hall–Kier alpha value is -1.54. The molecular weight excluding hydrogens is 385 g/mol. The topological polar surface area (TPSA) is 54.9 Å². The third kappa shape index (κ3) is 2.66. The molecule has 0 aliphatic heterocycles. The monoisotopic (exact) mass is 395 g/mol. The average Bonchev–Trinajstić information content (AvgIpc) is 2.89. The van der Waals surface area contributed by atoms with E-state index < -0.39 is 0 Å². The predicted molar refractivity (Wildman–Crippen MR) is 89.3 cm³/mol. The first kappa shape index (κ1) is 13.4. The van der Waals surface area contributed by atoms with Crippen LogP contribution in [0.1, 0.15) is 15.9 Å². The number of rotatable bonds is 2. The summed E-state index contributed by atoms with van der Waals surface area (Å²) in [6.07, 6.45) is 0. The molecule has 3 aromatic rings. The van der Waals surface area contributed by atoms with E-state index in [0.717, 1.165) is 37.6 Å². The van der Waals surface area contributed by atoms with Crippen molar-refractivity contribution in [3.8, 4) is 0 Å². The lowest BCUT2D eigenvalue weighted by Gasteiger charge is -2.08. The van der Waals surface area contributed by atoms with Crippen LogP contribution in [0.4, 0.5) is 5.69 Å². The maximum absolute atomic E-state index is 12.3. The van der Waals surface area contributed by atoms with E-state index in [4.69, 9.17) is 0 Å². The Morgan fingerprint density at radius 2 is 1.95 bits per heavy atom. The van der Waals surface area contributed by atoms with Crippen molar-refractivity contribution in [3.63, 3.8) is 0 Å². The zero-order valence-corrected chi connectivity index (χ0v) is 13.5. The second-order valence-corrected chi connectivity index (χ2v) is 6.16. The zero-order valence-electron chi connectivity index (χ0n) is 10.6. The van der Waals surface area contributed by atoms with Gasteiger partial charge in [-0.2, -0.15) is 8.75 Å². The van der Waals surface area contributed by atoms with Crippen LogP contribution in [0.2, 0.25) is 0 Å². The van der Waals surface area contributed by atoms with Crippen LogP contribution in [0, 0.1) is 10.5 Å². The summed E-state index contributed by atoms with van der Waals surface area (Å²) in [5.74, 6) is -0.135. The Bertz CT molecular complexity index is 800. The number of hydrogen-bond donors (Lipinski definition) is 1. The SMILES string of the molecule is Cc1cc(I)ccc1NC(=O)c1ccc2nsnc2c1. The quantitative estimate of drug-likeness (QED) is 0.671. The van der Waals surface area contributed by atoms with Gasteiger partial charge in [-0.15, -0.1) is 0 Å². The van der Waals surface area contributed by atoms with Gasteiger partial charge in [-0.25, -0.2) is 0 Å². The van der Waals surface area contributed by atoms with Crippen LogP contribution in [0.3, 0.4) is 0 Å². The van der Waals surface area contributed by atoms with Crippen LogP contribution in [0.5, 0.6) is 0 Å². The Kier molecular flexibility index (Phi) is 3.66. The minimum atomic E-state index is -0.135. The molecule has 4 nitrogen and oxygen atoms in total. The number of aromatic nitrogens is 2. The summed E-state index contributed by atoms with van der Waals surface area (Å²) < 4.78 is 9.42. The third-order valence-corrected chi connectivity index (χ3v) is 4.18. The van der Waals surface area contributed by atoms with Gasteiger partial charge < -0.3 is 5.32 Å². The highest BCUT2D eigenvalue weighted by Crippen LogP contribution is 2.19. The molecule has 20 heavy (non-hydrogen) atoms. The molecule has 0 atom stereocenters. The Morgan fingerprint density at radius 3 is 2.75 bits per heavy atom. The number of nitrogens with one attached hydrogen (secondary N) is 1. The third-order valence-electron chi connectivity index (χ3n) is 2.95. The molecule has 0 saturated heterocycles. The van der Waals surface area contributed by atoms with Crippen molar-refractivity contribution in [2.24, 2.45) is 0 Å². The number of anilines is 1. The molecule has 1 heterocycles. The van der Waals surface area contributed by atoms with Crippen molar-refractivity contribution in [3.05, 3.63) is 51.1 Å². The molecule has 0 bridgehead atoms. The summed E-state index contributed by atoms with van der Waals surface area (Å²) in [5.41, 5.74) is 4.02. The van der Waals surface area contributed by atoms with Crippen LogP contribution in [0.15, 0.2) is 36.4 Å². The van der Waals surface area contributed by atoms with Crippen molar-refractivity contribution in [1.82, 2.24) is 8.75 Å². The molecule has 0 spiro atoms. The summed E-state index contributed by atoms with van der Waals surface area (Å²) in [6.45, 7) is 1.98. The minimum absolute atomic E-state index is 0.135. The second kappa shape index (κ2) is 5.45. The number of carbonyl (C=O) groups excluding carboxylic acids is 1. The fourth-order valence-corrected chi connectivity index (χ4v) is 3.05. The molecule has 6 heteroatoms. The van der Waals surface area contributed by atoms with E-state index in [1.807, 2.05) is 31.2 Å². The van der Waals surface area contributed by atoms with Crippen molar-refractivity contribution >= 4 is 56.9 Å². The van der Waals surface area contributed by atoms with Crippen molar-refractivity contribution in [2.75, 3.05) is 5.32 Å². The summed E-state index contributed by atoms with van der Waals surface area (Å²) in [4.78, 5) is 12.3. The van der Waals surface area contributed by atoms with Crippen LogP contribution < -0.4 is 5.32 Å². The zero-order chi connectivity index (χ0) is 14.1. The number of fused-ring (bicyclic) bond motifs is 1. The average molecular weight is 395 g/mol. The first-order valence-electron chi connectivity index (χ1n) is 5.93. The van der Waals surface area contributed by atoms with Crippen LogP contribution in [-0.2, 0) is 0 Å². The summed E-state index contributed by atoms with van der Waals surface area (Å²) >= 11 is 3.40. The van der Waals surface area contributed by atoms with Gasteiger partial charge in [0.1, 0.15) is 11.0 Å². The lowest BCUT2D eigenvalue weighted by Crippen LogP contribution is -2.12. The smallest absolute Gasteiger partial charge is 0.255 e. The summed E-state index contributed by atoms with van der Waals surface area (Å²) in [5, 5.41) is 2.92. The van der Waals surface area contributed by atoms with Gasteiger partial charge in [0, 0.05) is 14.8 Å². The summed E-state index contributed by atoms with van der Waals surface area (Å²) in [7, 11) is 0. The minimum Gasteiger partial charge on any atom is -0.322 e. The van der Waals surface area contributed by atoms with E-state index in [1.165, 1.54) is 0 Å². The van der Waals surface area contributed by atoms with Crippen LogP contribution in [0.25, 0.3) is 11.0 Å². The van der Waals surface area contributed by atoms with E-state index in [2.05, 4.69) is 36.7 Å². The maximum Gasteiger partial charge on any atom is 0.255 e. The van der Waals surface area contributed by atoms with Gasteiger partial charge in [0.15, 0.2) is 0 Å². The lowest BCUT2D eigenvalue weighted by atomic mass is 10.1. The molecule has 100 valence electrons. The molecular formula is C14H10IN3OS. The number of hydrogen-bond acceptors (Lipinski definition) is 4. The van der Waals surface area contributed by atoms with Crippen LogP contribution in [-0.4, -0.2) is 14.7 Å². The van der Waals surface area contributed by atoms with E-state index in [9.17, 15) is 4.79 Å². The standard InChI is InChI=1S/C14H10IN3OS/c1-8-6-10(15)3-5-11(8)16-14(19)9-2-4-12-13(7-9)18-20-17-12/h2-7H,1H3,(H,16,19). The van der Waals surface area contributed by atoms with Gasteiger partial charge in [0.2, 0.25) is 0 Å². The Morgan fingerprint density at radius 1 is 1.15 bits per heavy atom. The van der Waals surface area contributed by atoms with E-state index in [-0.39, 0.29) is 5.91 Å². The molecule has 1 aromatic heterocycles. The highest BCUT2D eigenvalue weighted by molar-refractivity contribution is 14.1. The van der Waals surface area contributed by atoms with Crippen molar-refractivity contribution in [1.29, 1.82) is 0 Å². The normalized spacial score (nSPS) is 10.7. The predicted octanol–water partition coefficient (Wildman–Crippen LogP) is 3.86. The van der Waals surface area contributed by atoms with Crippen molar-refractivity contribution < 1.29 is 4.79 Å². The molecule has 0 aliphatic rings. The number of benzene rings is 2. The van der Waals surface area contributed by atoms with Crippen LogP contribution >= 0.6 is 34.3 Å².